The number of thiol groups is 1. The third-order valence-corrected chi connectivity index (χ3v) is 3.43. The molecule has 0 atom stereocenters. The monoisotopic (exact) mass is 172 g/mol. The molecule has 0 aliphatic carbocycles. The van der Waals surface area contributed by atoms with Gasteiger partial charge in [0.05, 0.1) is 0 Å². The van der Waals surface area contributed by atoms with Crippen LogP contribution in [0.3, 0.4) is 0 Å². The third-order valence-electron chi connectivity index (χ3n) is 3.03. The summed E-state index contributed by atoms with van der Waals surface area (Å²) in [5, 5.41) is 3.63. The zero-order valence-corrected chi connectivity index (χ0v) is 7.74. The van der Waals surface area contributed by atoms with E-state index in [1.165, 1.54) is 32.2 Å². The minimum absolute atomic E-state index is 0.513. The van der Waals surface area contributed by atoms with Gasteiger partial charge in [0.1, 0.15) is 0 Å². The molecule has 64 valence electrons. The van der Waals surface area contributed by atoms with Crippen molar-refractivity contribution in [3.63, 3.8) is 0 Å². The first-order chi connectivity index (χ1) is 5.31. The molecule has 2 nitrogen and oxygen atoms in total. The van der Waals surface area contributed by atoms with Crippen molar-refractivity contribution in [3.05, 3.63) is 0 Å². The molecule has 0 radical (unpaired) electrons. The first kappa shape index (κ1) is 7.90. The highest BCUT2D eigenvalue weighted by atomic mass is 32.1. The lowest BCUT2D eigenvalue weighted by atomic mass is 9.87. The first-order valence-corrected chi connectivity index (χ1v) is 4.90. The zero-order chi connectivity index (χ0) is 7.73. The van der Waals surface area contributed by atoms with Gasteiger partial charge >= 0.3 is 0 Å². The maximum atomic E-state index is 4.34. The van der Waals surface area contributed by atoms with Gasteiger partial charge in [0.15, 0.2) is 0 Å². The Balaban J connectivity index is 1.94. The molecule has 3 heteroatoms. The van der Waals surface area contributed by atoms with E-state index in [1.54, 1.807) is 0 Å². The van der Waals surface area contributed by atoms with Gasteiger partial charge in [0.25, 0.3) is 0 Å². The van der Waals surface area contributed by atoms with Crippen LogP contribution in [0.1, 0.15) is 25.7 Å². The summed E-state index contributed by atoms with van der Waals surface area (Å²) in [6.45, 7) is 3.53. The highest BCUT2D eigenvalue weighted by Crippen LogP contribution is 2.30. The van der Waals surface area contributed by atoms with Gasteiger partial charge in [-0.05, 0) is 32.2 Å². The number of hydrogen-bond donors (Lipinski definition) is 2. The molecular formula is C8H16N2S. The van der Waals surface area contributed by atoms with Crippen molar-refractivity contribution in [2.24, 2.45) is 0 Å². The van der Waals surface area contributed by atoms with Crippen LogP contribution >= 0.6 is 12.8 Å². The number of nitrogens with one attached hydrogen (secondary N) is 1. The van der Waals surface area contributed by atoms with Crippen molar-refractivity contribution in [2.45, 2.75) is 31.2 Å². The van der Waals surface area contributed by atoms with Crippen LogP contribution in [0, 0.1) is 0 Å². The predicted octanol–water partition coefficient (Wildman–Crippen LogP) is 1.05. The van der Waals surface area contributed by atoms with Gasteiger partial charge in [-0.1, -0.05) is 12.8 Å². The van der Waals surface area contributed by atoms with Crippen LogP contribution in [0.15, 0.2) is 0 Å². The lowest BCUT2D eigenvalue weighted by molar-refractivity contribution is 0.225. The van der Waals surface area contributed by atoms with Gasteiger partial charge in [-0.2, -0.15) is 0 Å². The normalized spacial score (nSPS) is 31.4. The fourth-order valence-electron chi connectivity index (χ4n) is 2.22. The van der Waals surface area contributed by atoms with E-state index in [9.17, 15) is 0 Å². The first-order valence-electron chi connectivity index (χ1n) is 4.50. The zero-order valence-electron chi connectivity index (χ0n) is 6.84. The van der Waals surface area contributed by atoms with E-state index >= 15 is 0 Å². The topological polar surface area (TPSA) is 15.3 Å². The molecule has 0 aromatic rings. The van der Waals surface area contributed by atoms with E-state index in [0.717, 1.165) is 13.1 Å². The maximum absolute atomic E-state index is 4.34. The Kier molecular flexibility index (Phi) is 2.12. The Morgan fingerprint density at radius 1 is 1.18 bits per heavy atom. The van der Waals surface area contributed by atoms with Crippen LogP contribution in [-0.2, 0) is 0 Å². The number of piperidine rings is 1. The standard InChI is InChI=1S/C8H16N2S/c11-10-6-3-8(4-7-10)2-1-5-9-8/h9,11H,1-7H2. The van der Waals surface area contributed by atoms with Crippen molar-refractivity contribution in [3.8, 4) is 0 Å². The van der Waals surface area contributed by atoms with Gasteiger partial charge in [-0.15, -0.1) is 0 Å². The summed E-state index contributed by atoms with van der Waals surface area (Å²) < 4.78 is 2.13. The van der Waals surface area contributed by atoms with E-state index in [-0.39, 0.29) is 0 Å². The van der Waals surface area contributed by atoms with Gasteiger partial charge in [-0.3, -0.25) is 4.31 Å². The minimum Gasteiger partial charge on any atom is -0.311 e. The number of nitrogens with zero attached hydrogens (tertiary/aromatic N) is 1. The maximum Gasteiger partial charge on any atom is 0.0207 e. The molecule has 0 saturated carbocycles. The molecule has 2 aliphatic heterocycles. The summed E-state index contributed by atoms with van der Waals surface area (Å²) in [4.78, 5) is 0. The van der Waals surface area contributed by atoms with Crippen LogP contribution in [0.5, 0.6) is 0 Å². The minimum atomic E-state index is 0.513. The Hall–Kier alpha value is 0.270. The summed E-state index contributed by atoms with van der Waals surface area (Å²) >= 11 is 4.34. The molecule has 2 aliphatic rings. The summed E-state index contributed by atoms with van der Waals surface area (Å²) in [7, 11) is 0. The fourth-order valence-corrected chi connectivity index (χ4v) is 2.42. The number of rotatable bonds is 0. The molecule has 1 spiro atoms. The Morgan fingerprint density at radius 3 is 2.45 bits per heavy atom. The highest BCUT2D eigenvalue weighted by molar-refractivity contribution is 7.77. The molecule has 2 rings (SSSR count). The highest BCUT2D eigenvalue weighted by Gasteiger charge is 2.35. The lowest BCUT2D eigenvalue weighted by Gasteiger charge is -2.37. The summed E-state index contributed by atoms with van der Waals surface area (Å²) in [6, 6.07) is 0. The molecular weight excluding hydrogens is 156 g/mol. The van der Waals surface area contributed by atoms with Crippen LogP contribution in [0.2, 0.25) is 0 Å². The van der Waals surface area contributed by atoms with Crippen LogP contribution in [0.25, 0.3) is 0 Å². The van der Waals surface area contributed by atoms with Crippen LogP contribution < -0.4 is 5.32 Å². The second kappa shape index (κ2) is 2.96. The molecule has 0 aromatic heterocycles. The molecule has 0 aromatic carbocycles. The van der Waals surface area contributed by atoms with Gasteiger partial charge in [0.2, 0.25) is 0 Å². The van der Waals surface area contributed by atoms with E-state index < -0.39 is 0 Å². The molecule has 0 unspecified atom stereocenters. The molecule has 2 fully saturated rings. The van der Waals surface area contributed by atoms with Gasteiger partial charge in [0, 0.05) is 18.6 Å². The summed E-state index contributed by atoms with van der Waals surface area (Å²) in [6.07, 6.45) is 5.33. The smallest absolute Gasteiger partial charge is 0.0207 e. The Labute approximate surface area is 73.9 Å². The lowest BCUT2D eigenvalue weighted by Crippen LogP contribution is -2.47. The van der Waals surface area contributed by atoms with Crippen molar-refractivity contribution in [1.29, 1.82) is 0 Å². The molecule has 11 heavy (non-hydrogen) atoms. The van der Waals surface area contributed by atoms with Gasteiger partial charge < -0.3 is 5.32 Å². The molecule has 2 saturated heterocycles. The summed E-state index contributed by atoms with van der Waals surface area (Å²) in [5.41, 5.74) is 0.513. The van der Waals surface area contributed by atoms with E-state index in [0.29, 0.717) is 5.54 Å². The van der Waals surface area contributed by atoms with Crippen molar-refractivity contribution < 1.29 is 0 Å². The fraction of sp³-hybridized carbons (Fsp3) is 1.00. The SMILES string of the molecule is SN1CCC2(CCCN2)CC1. The second-order valence-electron chi connectivity index (χ2n) is 3.76. The largest absolute Gasteiger partial charge is 0.311 e. The van der Waals surface area contributed by atoms with Crippen LogP contribution in [0.4, 0.5) is 0 Å². The molecule has 0 bridgehead atoms. The van der Waals surface area contributed by atoms with E-state index in [4.69, 9.17) is 0 Å². The number of hydrogen-bond acceptors (Lipinski definition) is 3. The predicted molar refractivity (Wildman–Crippen MR) is 49.8 cm³/mol. The van der Waals surface area contributed by atoms with Crippen LogP contribution in [-0.4, -0.2) is 29.5 Å². The third kappa shape index (κ3) is 1.55. The van der Waals surface area contributed by atoms with E-state index in [1.807, 2.05) is 0 Å². The molecule has 0 amide bonds. The molecule has 1 N–H and O–H groups in total. The van der Waals surface area contributed by atoms with E-state index in [2.05, 4.69) is 22.4 Å². The quantitative estimate of drug-likeness (QED) is 0.531. The Morgan fingerprint density at radius 2 is 1.91 bits per heavy atom. The molecule has 2 heterocycles. The summed E-state index contributed by atoms with van der Waals surface area (Å²) in [5.74, 6) is 0. The average Bonchev–Trinajstić information content (AvgIpc) is 2.45. The van der Waals surface area contributed by atoms with Gasteiger partial charge in [-0.25, -0.2) is 0 Å². The Bertz CT molecular complexity index is 133. The average molecular weight is 172 g/mol. The van der Waals surface area contributed by atoms with Crippen molar-refractivity contribution >= 4 is 12.8 Å². The van der Waals surface area contributed by atoms with Crippen molar-refractivity contribution in [1.82, 2.24) is 9.62 Å². The second-order valence-corrected chi connectivity index (χ2v) is 4.33. The van der Waals surface area contributed by atoms with Crippen molar-refractivity contribution in [2.75, 3.05) is 19.6 Å².